The molecule has 0 spiro atoms. The lowest BCUT2D eigenvalue weighted by Crippen LogP contribution is -2.47. The van der Waals surface area contributed by atoms with Crippen LogP contribution in [0.2, 0.25) is 0 Å². The molecule has 1 aromatic rings. The van der Waals surface area contributed by atoms with Crippen LogP contribution in [0.3, 0.4) is 0 Å². The van der Waals surface area contributed by atoms with E-state index in [1.807, 2.05) is 13.8 Å². The first-order valence-electron chi connectivity index (χ1n) is 7.54. The summed E-state index contributed by atoms with van der Waals surface area (Å²) < 4.78 is 13.0. The molecule has 2 unspecified atom stereocenters. The van der Waals surface area contributed by atoms with Crippen molar-refractivity contribution in [1.29, 1.82) is 0 Å². The van der Waals surface area contributed by atoms with Crippen molar-refractivity contribution >= 4 is 18.3 Å². The quantitative estimate of drug-likeness (QED) is 0.758. The molecule has 130 valence electrons. The van der Waals surface area contributed by atoms with Crippen molar-refractivity contribution in [2.75, 3.05) is 20.1 Å². The predicted molar refractivity (Wildman–Crippen MR) is 91.5 cm³/mol. The SMILES string of the molecule is CN(CC(C)(C)CN)C(=O)C1CC(c2ccc(F)cc2)NN1.Cl. The van der Waals surface area contributed by atoms with Crippen LogP contribution in [0.5, 0.6) is 0 Å². The summed E-state index contributed by atoms with van der Waals surface area (Å²) in [5.74, 6) is -0.218. The van der Waals surface area contributed by atoms with Crippen molar-refractivity contribution in [1.82, 2.24) is 15.8 Å². The van der Waals surface area contributed by atoms with Gasteiger partial charge in [-0.25, -0.2) is 15.2 Å². The molecule has 1 amide bonds. The third-order valence-electron chi connectivity index (χ3n) is 4.07. The summed E-state index contributed by atoms with van der Waals surface area (Å²) >= 11 is 0. The molecule has 4 N–H and O–H groups in total. The fourth-order valence-corrected chi connectivity index (χ4v) is 2.68. The Morgan fingerprint density at radius 1 is 1.35 bits per heavy atom. The number of likely N-dealkylation sites (N-methyl/N-ethyl adjacent to an activating group) is 1. The number of hydrogen-bond acceptors (Lipinski definition) is 4. The molecule has 0 radical (unpaired) electrons. The van der Waals surface area contributed by atoms with Crippen LogP contribution in [0.25, 0.3) is 0 Å². The Hall–Kier alpha value is -1.21. The van der Waals surface area contributed by atoms with Gasteiger partial charge in [-0.1, -0.05) is 26.0 Å². The number of amides is 1. The minimum atomic E-state index is -0.284. The zero-order valence-corrected chi connectivity index (χ0v) is 14.6. The largest absolute Gasteiger partial charge is 0.344 e. The highest BCUT2D eigenvalue weighted by atomic mass is 35.5. The Bertz CT molecular complexity index is 523. The van der Waals surface area contributed by atoms with Crippen molar-refractivity contribution in [2.45, 2.75) is 32.4 Å². The van der Waals surface area contributed by atoms with Crippen LogP contribution < -0.4 is 16.6 Å². The molecule has 1 heterocycles. The van der Waals surface area contributed by atoms with Crippen molar-refractivity contribution in [2.24, 2.45) is 11.1 Å². The van der Waals surface area contributed by atoms with E-state index >= 15 is 0 Å². The molecular formula is C16H26ClFN4O. The van der Waals surface area contributed by atoms with E-state index in [0.717, 1.165) is 5.56 Å². The van der Waals surface area contributed by atoms with Gasteiger partial charge in [0, 0.05) is 19.6 Å². The summed E-state index contributed by atoms with van der Waals surface area (Å²) in [7, 11) is 1.80. The summed E-state index contributed by atoms with van der Waals surface area (Å²) in [4.78, 5) is 14.2. The van der Waals surface area contributed by atoms with Crippen molar-refractivity contribution < 1.29 is 9.18 Å². The Morgan fingerprint density at radius 3 is 2.52 bits per heavy atom. The van der Waals surface area contributed by atoms with Crippen LogP contribution >= 0.6 is 12.4 Å². The van der Waals surface area contributed by atoms with E-state index in [1.165, 1.54) is 12.1 Å². The monoisotopic (exact) mass is 344 g/mol. The highest BCUT2D eigenvalue weighted by Gasteiger charge is 2.33. The number of carbonyl (C=O) groups excluding carboxylic acids is 1. The third-order valence-corrected chi connectivity index (χ3v) is 4.07. The highest BCUT2D eigenvalue weighted by molar-refractivity contribution is 5.85. The zero-order chi connectivity index (χ0) is 16.3. The maximum absolute atomic E-state index is 13.0. The molecule has 23 heavy (non-hydrogen) atoms. The van der Waals surface area contributed by atoms with Crippen LogP contribution in [0.4, 0.5) is 4.39 Å². The Morgan fingerprint density at radius 2 is 1.96 bits per heavy atom. The molecule has 1 fully saturated rings. The van der Waals surface area contributed by atoms with Gasteiger partial charge in [-0.05, 0) is 36.1 Å². The van der Waals surface area contributed by atoms with Gasteiger partial charge in [0.15, 0.2) is 0 Å². The van der Waals surface area contributed by atoms with Gasteiger partial charge in [0.2, 0.25) is 5.91 Å². The normalized spacial score (nSPS) is 20.9. The summed E-state index contributed by atoms with van der Waals surface area (Å²) in [5, 5.41) is 0. The molecule has 1 aliphatic rings. The second kappa shape index (κ2) is 8.06. The molecule has 5 nitrogen and oxygen atoms in total. The number of nitrogens with one attached hydrogen (secondary N) is 2. The van der Waals surface area contributed by atoms with Gasteiger partial charge in [-0.3, -0.25) is 4.79 Å². The van der Waals surface area contributed by atoms with Gasteiger partial charge in [-0.15, -0.1) is 12.4 Å². The summed E-state index contributed by atoms with van der Waals surface area (Å²) in [6.45, 7) is 5.22. The molecule has 0 aromatic heterocycles. The van der Waals surface area contributed by atoms with Crippen LogP contribution in [0.1, 0.15) is 31.9 Å². The van der Waals surface area contributed by atoms with Crippen LogP contribution in [-0.4, -0.2) is 37.0 Å². The number of halogens is 2. The highest BCUT2D eigenvalue weighted by Crippen LogP contribution is 2.24. The molecule has 0 bridgehead atoms. The lowest BCUT2D eigenvalue weighted by molar-refractivity contribution is -0.133. The number of benzene rings is 1. The fourth-order valence-electron chi connectivity index (χ4n) is 2.68. The molecule has 0 saturated carbocycles. The molecule has 2 rings (SSSR count). The van der Waals surface area contributed by atoms with Gasteiger partial charge in [0.05, 0.1) is 0 Å². The van der Waals surface area contributed by atoms with E-state index in [-0.39, 0.29) is 41.6 Å². The molecule has 1 aliphatic heterocycles. The first-order chi connectivity index (χ1) is 10.3. The van der Waals surface area contributed by atoms with E-state index in [9.17, 15) is 9.18 Å². The maximum atomic E-state index is 13.0. The minimum Gasteiger partial charge on any atom is -0.344 e. The average molecular weight is 345 g/mol. The molecule has 1 aromatic carbocycles. The summed E-state index contributed by atoms with van der Waals surface area (Å²) in [5.41, 5.74) is 12.7. The summed E-state index contributed by atoms with van der Waals surface area (Å²) in [6, 6.07) is 6.06. The van der Waals surface area contributed by atoms with E-state index < -0.39 is 0 Å². The first-order valence-corrected chi connectivity index (χ1v) is 7.54. The van der Waals surface area contributed by atoms with Gasteiger partial charge in [-0.2, -0.15) is 0 Å². The van der Waals surface area contributed by atoms with E-state index in [4.69, 9.17) is 5.73 Å². The zero-order valence-electron chi connectivity index (χ0n) is 13.8. The minimum absolute atomic E-state index is 0. The lowest BCUT2D eigenvalue weighted by atomic mass is 9.93. The van der Waals surface area contributed by atoms with E-state index in [0.29, 0.717) is 19.5 Å². The van der Waals surface area contributed by atoms with E-state index in [1.54, 1.807) is 24.1 Å². The van der Waals surface area contributed by atoms with Crippen LogP contribution in [0, 0.1) is 11.2 Å². The molecule has 7 heteroatoms. The van der Waals surface area contributed by atoms with Gasteiger partial charge in [0.25, 0.3) is 0 Å². The number of carbonyl (C=O) groups is 1. The Kier molecular flexibility index (Phi) is 6.95. The van der Waals surface area contributed by atoms with Crippen molar-refractivity contribution in [3.63, 3.8) is 0 Å². The lowest BCUT2D eigenvalue weighted by Gasteiger charge is -2.30. The van der Waals surface area contributed by atoms with Crippen LogP contribution in [-0.2, 0) is 4.79 Å². The average Bonchev–Trinajstić information content (AvgIpc) is 2.96. The molecular weight excluding hydrogens is 319 g/mol. The second-order valence-electron chi connectivity index (χ2n) is 6.74. The number of nitrogens with zero attached hydrogens (tertiary/aromatic N) is 1. The molecule has 2 atom stereocenters. The van der Waals surface area contributed by atoms with Gasteiger partial charge in [0.1, 0.15) is 11.9 Å². The van der Waals surface area contributed by atoms with Crippen molar-refractivity contribution in [3.05, 3.63) is 35.6 Å². The fraction of sp³-hybridized carbons (Fsp3) is 0.562. The number of hydrazine groups is 1. The van der Waals surface area contributed by atoms with Gasteiger partial charge < -0.3 is 10.6 Å². The van der Waals surface area contributed by atoms with Crippen LogP contribution in [0.15, 0.2) is 24.3 Å². The first kappa shape index (κ1) is 19.8. The van der Waals surface area contributed by atoms with E-state index in [2.05, 4.69) is 10.9 Å². The summed E-state index contributed by atoms with van der Waals surface area (Å²) in [6.07, 6.45) is 0.637. The maximum Gasteiger partial charge on any atom is 0.240 e. The molecule has 1 saturated heterocycles. The smallest absolute Gasteiger partial charge is 0.240 e. The van der Waals surface area contributed by atoms with Crippen molar-refractivity contribution in [3.8, 4) is 0 Å². The molecule has 0 aliphatic carbocycles. The topological polar surface area (TPSA) is 70.4 Å². The number of rotatable bonds is 5. The third kappa shape index (κ3) is 5.14. The Labute approximate surface area is 143 Å². The predicted octanol–water partition coefficient (Wildman–Crippen LogP) is 1.60. The van der Waals surface area contributed by atoms with Gasteiger partial charge >= 0.3 is 0 Å². The number of hydrogen-bond donors (Lipinski definition) is 3. The Balaban J connectivity index is 0.00000264. The number of nitrogens with two attached hydrogens (primary N) is 1. The standard InChI is InChI=1S/C16H25FN4O.ClH/c1-16(2,9-18)10-21(3)15(22)14-8-13(19-20-14)11-4-6-12(17)7-5-11;/h4-7,13-14,19-20H,8-10,18H2,1-3H3;1H. The second-order valence-corrected chi connectivity index (χ2v) is 6.74.